The van der Waals surface area contributed by atoms with Crippen LogP contribution in [0.2, 0.25) is 0 Å². The Morgan fingerprint density at radius 1 is 1.58 bits per heavy atom. The monoisotopic (exact) mass is 269 g/mol. The fourth-order valence-electron chi connectivity index (χ4n) is 1.92. The molecule has 0 bridgehead atoms. The van der Waals surface area contributed by atoms with Gasteiger partial charge in [0.2, 0.25) is 0 Å². The average molecular weight is 269 g/mol. The Morgan fingerprint density at radius 3 is 2.89 bits per heavy atom. The van der Waals surface area contributed by atoms with Crippen LogP contribution in [0.5, 0.6) is 0 Å². The molecule has 10 heteroatoms. The average Bonchev–Trinajstić information content (AvgIpc) is 2.68. The van der Waals surface area contributed by atoms with Gasteiger partial charge in [-0.2, -0.15) is 0 Å². The van der Waals surface area contributed by atoms with Gasteiger partial charge >= 0.3 is 5.69 Å². The number of aromatic amines is 1. The molecule has 102 valence electrons. The highest BCUT2D eigenvalue weighted by atomic mass is 16.5. The van der Waals surface area contributed by atoms with Gasteiger partial charge < -0.3 is 14.9 Å². The van der Waals surface area contributed by atoms with E-state index in [1.165, 1.54) is 0 Å². The van der Waals surface area contributed by atoms with Crippen LogP contribution in [0.25, 0.3) is 10.4 Å². The Labute approximate surface area is 105 Å². The van der Waals surface area contributed by atoms with Crippen molar-refractivity contribution in [3.8, 4) is 0 Å². The lowest BCUT2D eigenvalue weighted by Gasteiger charge is -2.17. The number of nitrogens with zero attached hydrogens (tertiary/aromatic N) is 4. The SMILES string of the molecule is [N-]=[N+]=N[C@@H]1[C@H](O)[C@H](CO)O[C@@H]1n1ccc(=O)[nH]c1=O. The van der Waals surface area contributed by atoms with E-state index in [0.29, 0.717) is 0 Å². The first-order valence-electron chi connectivity index (χ1n) is 5.38. The van der Waals surface area contributed by atoms with Gasteiger partial charge in [-0.3, -0.25) is 14.3 Å². The minimum atomic E-state index is -1.25. The number of azide groups is 1. The van der Waals surface area contributed by atoms with Crippen molar-refractivity contribution < 1.29 is 14.9 Å². The summed E-state index contributed by atoms with van der Waals surface area (Å²) in [5, 5.41) is 22.2. The quantitative estimate of drug-likeness (QED) is 0.345. The molecule has 0 spiro atoms. The van der Waals surface area contributed by atoms with E-state index in [1.807, 2.05) is 4.98 Å². The van der Waals surface area contributed by atoms with E-state index in [9.17, 15) is 14.7 Å². The predicted molar refractivity (Wildman–Crippen MR) is 61.3 cm³/mol. The molecule has 0 radical (unpaired) electrons. The molecule has 1 aromatic rings. The molecule has 1 aliphatic rings. The highest BCUT2D eigenvalue weighted by Crippen LogP contribution is 2.30. The zero-order chi connectivity index (χ0) is 14.0. The molecule has 1 saturated heterocycles. The smallest absolute Gasteiger partial charge is 0.330 e. The van der Waals surface area contributed by atoms with Crippen LogP contribution in [0.15, 0.2) is 27.0 Å². The van der Waals surface area contributed by atoms with Crippen molar-refractivity contribution >= 4 is 0 Å². The maximum absolute atomic E-state index is 11.6. The fourth-order valence-corrected chi connectivity index (χ4v) is 1.92. The molecule has 0 amide bonds. The molecule has 1 fully saturated rings. The summed E-state index contributed by atoms with van der Waals surface area (Å²) < 4.78 is 6.26. The summed E-state index contributed by atoms with van der Waals surface area (Å²) in [5.41, 5.74) is 7.12. The number of hydrogen-bond acceptors (Lipinski definition) is 6. The molecule has 2 heterocycles. The van der Waals surface area contributed by atoms with Gasteiger partial charge in [-0.25, -0.2) is 4.79 Å². The number of nitrogens with one attached hydrogen (secondary N) is 1. The Bertz CT molecular complexity index is 618. The van der Waals surface area contributed by atoms with Crippen molar-refractivity contribution in [2.24, 2.45) is 5.11 Å². The van der Waals surface area contributed by atoms with E-state index >= 15 is 0 Å². The first kappa shape index (κ1) is 13.3. The molecule has 0 aromatic carbocycles. The van der Waals surface area contributed by atoms with Crippen LogP contribution in [-0.4, -0.2) is 44.6 Å². The molecule has 2 rings (SSSR count). The van der Waals surface area contributed by atoms with Crippen LogP contribution in [0.4, 0.5) is 0 Å². The van der Waals surface area contributed by atoms with Gasteiger partial charge in [0, 0.05) is 17.2 Å². The van der Waals surface area contributed by atoms with Crippen molar-refractivity contribution in [2.45, 2.75) is 24.5 Å². The third-order valence-corrected chi connectivity index (χ3v) is 2.83. The lowest BCUT2D eigenvalue weighted by atomic mass is 10.1. The first-order chi connectivity index (χ1) is 9.08. The summed E-state index contributed by atoms with van der Waals surface area (Å²) >= 11 is 0. The second-order valence-corrected chi connectivity index (χ2v) is 3.95. The summed E-state index contributed by atoms with van der Waals surface area (Å²) in [4.78, 5) is 27.2. The molecule has 10 nitrogen and oxygen atoms in total. The number of ether oxygens (including phenoxy) is 1. The second-order valence-electron chi connectivity index (χ2n) is 3.95. The minimum Gasteiger partial charge on any atom is -0.394 e. The van der Waals surface area contributed by atoms with Crippen molar-refractivity contribution in [3.05, 3.63) is 43.5 Å². The summed E-state index contributed by atoms with van der Waals surface area (Å²) in [6, 6.07) is 0.0158. The molecule has 4 atom stereocenters. The third-order valence-electron chi connectivity index (χ3n) is 2.83. The normalized spacial score (nSPS) is 30.0. The Hall–Kier alpha value is -2.13. The van der Waals surface area contributed by atoms with Crippen LogP contribution in [0.1, 0.15) is 6.23 Å². The maximum atomic E-state index is 11.6. The number of rotatable bonds is 3. The summed E-state index contributed by atoms with van der Waals surface area (Å²) in [5.74, 6) is 0. The van der Waals surface area contributed by atoms with Crippen LogP contribution in [-0.2, 0) is 4.74 Å². The van der Waals surface area contributed by atoms with Crippen LogP contribution >= 0.6 is 0 Å². The van der Waals surface area contributed by atoms with Gasteiger partial charge in [-0.1, -0.05) is 5.11 Å². The minimum absolute atomic E-state index is 0.493. The number of aromatic nitrogens is 2. The topological polar surface area (TPSA) is 153 Å². The standard InChI is InChI=1S/C9H11N5O5/c10-13-12-6-7(17)4(3-15)19-8(6)14-2-1-5(16)11-9(14)18/h1-2,4,6-8,15,17H,3H2,(H,11,16,18)/t4-,6+,7+,8-/m0/s1. The molecule has 0 saturated carbocycles. The van der Waals surface area contributed by atoms with E-state index in [2.05, 4.69) is 10.0 Å². The third kappa shape index (κ3) is 2.37. The maximum Gasteiger partial charge on any atom is 0.330 e. The largest absolute Gasteiger partial charge is 0.394 e. The van der Waals surface area contributed by atoms with E-state index in [4.69, 9.17) is 15.4 Å². The zero-order valence-electron chi connectivity index (χ0n) is 9.58. The number of H-pyrrole nitrogens is 1. The molecular formula is C9H11N5O5. The van der Waals surface area contributed by atoms with Gasteiger partial charge in [0.25, 0.3) is 5.56 Å². The summed E-state index contributed by atoms with van der Waals surface area (Å²) in [6.45, 7) is -0.493. The molecular weight excluding hydrogens is 258 g/mol. The molecule has 0 aliphatic carbocycles. The fraction of sp³-hybridized carbons (Fsp3) is 0.556. The van der Waals surface area contributed by atoms with Crippen LogP contribution in [0.3, 0.4) is 0 Å². The molecule has 1 aromatic heterocycles. The first-order valence-corrected chi connectivity index (χ1v) is 5.38. The van der Waals surface area contributed by atoms with Gasteiger partial charge in [0.05, 0.1) is 12.7 Å². The van der Waals surface area contributed by atoms with Gasteiger partial charge in [-0.15, -0.1) is 0 Å². The zero-order valence-corrected chi connectivity index (χ0v) is 9.58. The molecule has 1 aliphatic heterocycles. The lowest BCUT2D eigenvalue weighted by Crippen LogP contribution is -2.36. The van der Waals surface area contributed by atoms with E-state index < -0.39 is 42.3 Å². The number of aliphatic hydroxyl groups is 2. The summed E-state index contributed by atoms with van der Waals surface area (Å²) in [7, 11) is 0. The Kier molecular flexibility index (Phi) is 3.67. The molecule has 3 N–H and O–H groups in total. The van der Waals surface area contributed by atoms with E-state index in [0.717, 1.165) is 16.8 Å². The lowest BCUT2D eigenvalue weighted by molar-refractivity contribution is -0.0464. The van der Waals surface area contributed by atoms with Gasteiger partial charge in [0.15, 0.2) is 0 Å². The van der Waals surface area contributed by atoms with E-state index in [1.54, 1.807) is 0 Å². The molecule has 0 unspecified atom stereocenters. The highest BCUT2D eigenvalue weighted by Gasteiger charge is 2.44. The van der Waals surface area contributed by atoms with Crippen molar-refractivity contribution in [1.29, 1.82) is 0 Å². The Balaban J connectivity index is 2.44. The predicted octanol–water partition coefficient (Wildman–Crippen LogP) is -1.53. The van der Waals surface area contributed by atoms with Crippen molar-refractivity contribution in [1.82, 2.24) is 9.55 Å². The number of aliphatic hydroxyl groups excluding tert-OH is 2. The highest BCUT2D eigenvalue weighted by molar-refractivity contribution is 4.96. The second kappa shape index (κ2) is 5.24. The van der Waals surface area contributed by atoms with E-state index in [-0.39, 0.29) is 0 Å². The van der Waals surface area contributed by atoms with Crippen LogP contribution in [0, 0.1) is 0 Å². The summed E-state index contributed by atoms with van der Waals surface area (Å²) in [6.07, 6.45) is -2.14. The van der Waals surface area contributed by atoms with Crippen molar-refractivity contribution in [2.75, 3.05) is 6.61 Å². The van der Waals surface area contributed by atoms with Crippen LogP contribution < -0.4 is 11.2 Å². The Morgan fingerprint density at radius 2 is 2.32 bits per heavy atom. The molecule has 19 heavy (non-hydrogen) atoms. The number of hydrogen-bond donors (Lipinski definition) is 3. The van der Waals surface area contributed by atoms with Gasteiger partial charge in [-0.05, 0) is 5.53 Å². The van der Waals surface area contributed by atoms with Gasteiger partial charge in [0.1, 0.15) is 18.4 Å². The van der Waals surface area contributed by atoms with Crippen molar-refractivity contribution in [3.63, 3.8) is 0 Å².